The largest absolute Gasteiger partial charge is 0.353 e. The zero-order valence-corrected chi connectivity index (χ0v) is 43.1. The molecule has 354 valence electrons. The number of aromatic nitrogens is 4. The van der Waals surface area contributed by atoms with Crippen molar-refractivity contribution in [3.05, 3.63) is 211 Å². The van der Waals surface area contributed by atoms with E-state index < -0.39 is 0 Å². The van der Waals surface area contributed by atoms with Crippen molar-refractivity contribution in [2.45, 2.75) is 107 Å². The molecule has 5 heterocycles. The Hall–Kier alpha value is -8.28. The van der Waals surface area contributed by atoms with E-state index in [1.807, 2.05) is 60.7 Å². The van der Waals surface area contributed by atoms with E-state index in [1.54, 1.807) is 0 Å². The van der Waals surface area contributed by atoms with Gasteiger partial charge in [0.15, 0.2) is 0 Å². The first-order valence-corrected chi connectivity index (χ1v) is 26.0. The lowest BCUT2D eigenvalue weighted by Gasteiger charge is -2.08. The summed E-state index contributed by atoms with van der Waals surface area (Å²) in [6.07, 6.45) is 6.16. The molecule has 4 nitrogen and oxygen atoms in total. The Morgan fingerprint density at radius 1 is 0.278 bits per heavy atom. The van der Waals surface area contributed by atoms with E-state index in [9.17, 15) is 0 Å². The van der Waals surface area contributed by atoms with Crippen molar-refractivity contribution in [2.75, 3.05) is 0 Å². The summed E-state index contributed by atoms with van der Waals surface area (Å²) in [5.41, 5.74) is 24.3. The second-order valence-electron chi connectivity index (χ2n) is 18.0. The molecule has 2 aliphatic heterocycles. The van der Waals surface area contributed by atoms with Gasteiger partial charge in [-0.15, -0.1) is 0 Å². The predicted octanol–water partition coefficient (Wildman–Crippen LogP) is 15.6. The van der Waals surface area contributed by atoms with Gasteiger partial charge in [-0.25, -0.2) is 9.97 Å². The Balaban J connectivity index is 1.63. The molecule has 8 bridgehead atoms. The number of benzene rings is 4. The number of aryl methyl sites for hydroxylation is 4. The number of hydrogen-bond acceptors (Lipinski definition) is 2. The molecule has 2 aliphatic rings. The zero-order chi connectivity index (χ0) is 50.1. The average molecular weight is 935 g/mol. The molecule has 0 unspecified atom stereocenters. The van der Waals surface area contributed by atoms with Crippen LogP contribution >= 0.6 is 0 Å². The smallest absolute Gasteiger partial charge is 0.0851 e. The third kappa shape index (κ3) is 9.38. The van der Waals surface area contributed by atoms with E-state index in [0.29, 0.717) is 0 Å². The first-order chi connectivity index (χ1) is 35.4. The molecule has 0 aliphatic carbocycles. The number of rotatable bonds is 8. The minimum absolute atomic E-state index is 0.755. The zero-order valence-electron chi connectivity index (χ0n) is 43.1. The maximum atomic E-state index is 5.84. The number of fused-ring (bicyclic) bond motifs is 8. The van der Waals surface area contributed by atoms with Gasteiger partial charge in [0.2, 0.25) is 0 Å². The third-order valence-electron chi connectivity index (χ3n) is 14.0. The van der Waals surface area contributed by atoms with Crippen molar-refractivity contribution in [2.24, 2.45) is 0 Å². The van der Waals surface area contributed by atoms with Crippen LogP contribution in [0.4, 0.5) is 0 Å². The number of allylic oxidation sites excluding steroid dienone is 4. The molecule has 0 radical (unpaired) electrons. The van der Waals surface area contributed by atoms with Gasteiger partial charge in [-0.05, 0) is 144 Å². The van der Waals surface area contributed by atoms with Crippen molar-refractivity contribution in [3.8, 4) is 47.4 Å². The summed E-state index contributed by atoms with van der Waals surface area (Å²) in [6.45, 7) is 18.0. The minimum Gasteiger partial charge on any atom is -0.353 e. The summed E-state index contributed by atoms with van der Waals surface area (Å²) in [5.74, 6) is 29.6. The van der Waals surface area contributed by atoms with E-state index in [4.69, 9.17) is 9.97 Å². The molecular formula is C68H62N4. The van der Waals surface area contributed by atoms with E-state index in [0.717, 1.165) is 141 Å². The molecule has 7 aromatic rings. The number of H-pyrrole nitrogens is 2. The molecular weight excluding hydrogens is 873 g/mol. The van der Waals surface area contributed by atoms with Crippen molar-refractivity contribution in [1.29, 1.82) is 0 Å². The van der Waals surface area contributed by atoms with Crippen LogP contribution in [0.1, 0.15) is 171 Å². The number of aromatic amines is 2. The molecule has 3 aromatic heterocycles. The highest BCUT2D eigenvalue weighted by Crippen LogP contribution is 2.44. The molecule has 9 rings (SSSR count). The lowest BCUT2D eigenvalue weighted by molar-refractivity contribution is 1.07. The second-order valence-corrected chi connectivity index (χ2v) is 18.0. The highest BCUT2D eigenvalue weighted by Gasteiger charge is 2.30. The van der Waals surface area contributed by atoms with Crippen LogP contribution in [0.25, 0.3) is 44.4 Å². The van der Waals surface area contributed by atoms with Gasteiger partial charge in [-0.3, -0.25) is 0 Å². The molecule has 0 saturated heterocycles. The van der Waals surface area contributed by atoms with E-state index in [-0.39, 0.29) is 0 Å². The molecule has 0 atom stereocenters. The summed E-state index contributed by atoms with van der Waals surface area (Å²) < 4.78 is 0. The van der Waals surface area contributed by atoms with Crippen LogP contribution in [-0.2, 0) is 25.7 Å². The molecule has 0 spiro atoms. The van der Waals surface area contributed by atoms with Crippen molar-refractivity contribution in [1.82, 2.24) is 19.9 Å². The molecule has 0 saturated carbocycles. The summed E-state index contributed by atoms with van der Waals surface area (Å²) in [7, 11) is 0. The Bertz CT molecular complexity index is 3510. The summed E-state index contributed by atoms with van der Waals surface area (Å²) in [6, 6.07) is 41.1. The van der Waals surface area contributed by atoms with Crippen molar-refractivity contribution in [3.63, 3.8) is 0 Å². The standard InChI is InChI=1S/C68H62N4/c1-9-49-50(10-2)62-58(42-38-46-31-23-18-24-32-46)64-53(13-5)54(14-6)66(71-64)60(44-40-48-35-27-20-28-36-48)68-56(16-8)55(15-7)67(72-68)59(43-39-47-33-25-19-26-34-47)65-52(12-4)51(11-3)63(70-65)57(61(49)69-62)41-37-45-29-21-17-22-30-45/h17-36,69-70H,9-16H2,1-8H3. The van der Waals surface area contributed by atoms with Gasteiger partial charge in [-0.2, -0.15) is 0 Å². The molecule has 0 amide bonds. The van der Waals surface area contributed by atoms with Crippen LogP contribution in [0.3, 0.4) is 0 Å². The molecule has 0 fully saturated rings. The lowest BCUT2D eigenvalue weighted by Crippen LogP contribution is -1.96. The number of hydrogen-bond donors (Lipinski definition) is 2. The number of nitrogens with one attached hydrogen (secondary N) is 2. The lowest BCUT2D eigenvalue weighted by atomic mass is 9.92. The monoisotopic (exact) mass is 934 g/mol. The van der Waals surface area contributed by atoms with E-state index >= 15 is 0 Å². The first-order valence-electron chi connectivity index (χ1n) is 26.0. The van der Waals surface area contributed by atoms with Crippen molar-refractivity contribution < 1.29 is 0 Å². The van der Waals surface area contributed by atoms with Crippen molar-refractivity contribution >= 4 is 44.4 Å². The highest BCUT2D eigenvalue weighted by molar-refractivity contribution is 6.02. The quantitative estimate of drug-likeness (QED) is 0.149. The highest BCUT2D eigenvalue weighted by atomic mass is 14.8. The normalized spacial score (nSPS) is 11.8. The molecule has 4 aromatic carbocycles. The van der Waals surface area contributed by atoms with Crippen LogP contribution in [0.5, 0.6) is 0 Å². The maximum absolute atomic E-state index is 5.84. The maximum Gasteiger partial charge on any atom is 0.0851 e. The summed E-state index contributed by atoms with van der Waals surface area (Å²) in [5, 5.41) is 0. The van der Waals surface area contributed by atoms with Gasteiger partial charge in [-0.1, -0.05) is 176 Å². The summed E-state index contributed by atoms with van der Waals surface area (Å²) in [4.78, 5) is 19.9. The predicted molar refractivity (Wildman–Crippen MR) is 303 cm³/mol. The van der Waals surface area contributed by atoms with Crippen LogP contribution in [-0.4, -0.2) is 19.9 Å². The Kier molecular flexibility index (Phi) is 15.0. The molecule has 2 N–H and O–H groups in total. The first kappa shape index (κ1) is 48.7. The number of nitrogens with zero attached hydrogens (tertiary/aromatic N) is 2. The van der Waals surface area contributed by atoms with Gasteiger partial charge < -0.3 is 9.97 Å². The molecule has 72 heavy (non-hydrogen) atoms. The van der Waals surface area contributed by atoms with Gasteiger partial charge in [0.1, 0.15) is 0 Å². The average Bonchev–Trinajstić information content (AvgIpc) is 4.20. The third-order valence-corrected chi connectivity index (χ3v) is 14.0. The second kappa shape index (κ2) is 22.2. The Morgan fingerprint density at radius 3 is 0.778 bits per heavy atom. The van der Waals surface area contributed by atoms with Gasteiger partial charge >= 0.3 is 0 Å². The fraction of sp³-hybridized carbons (Fsp3) is 0.235. The van der Waals surface area contributed by atoms with Crippen LogP contribution in [0, 0.1) is 47.4 Å². The fourth-order valence-electron chi connectivity index (χ4n) is 10.6. The Morgan fingerprint density at radius 2 is 0.514 bits per heavy atom. The van der Waals surface area contributed by atoms with E-state index in [2.05, 4.69) is 173 Å². The summed E-state index contributed by atoms with van der Waals surface area (Å²) >= 11 is 0. The Labute approximate surface area is 427 Å². The minimum atomic E-state index is 0.755. The SMILES string of the molecule is CCC1=C(CC)c2nc1c(C#Cc1ccccc1)c1nc(c(C#Cc3ccccc3)c3[nH]c(c(CC)c3CC)c(C#Cc3ccccc3)c3[nH]c(c2C#Cc2ccccc2)c(CC)c3CC)C(CC)=C1CC. The van der Waals surface area contributed by atoms with Gasteiger partial charge in [0, 0.05) is 22.3 Å². The van der Waals surface area contributed by atoms with Crippen LogP contribution < -0.4 is 0 Å². The fourth-order valence-corrected chi connectivity index (χ4v) is 10.6. The van der Waals surface area contributed by atoms with Crippen LogP contribution in [0.2, 0.25) is 0 Å². The topological polar surface area (TPSA) is 57.4 Å². The van der Waals surface area contributed by atoms with Crippen LogP contribution in [0.15, 0.2) is 121 Å². The van der Waals surface area contributed by atoms with Gasteiger partial charge in [0.05, 0.1) is 67.1 Å². The van der Waals surface area contributed by atoms with E-state index in [1.165, 1.54) is 44.5 Å². The van der Waals surface area contributed by atoms with Gasteiger partial charge in [0.25, 0.3) is 0 Å². The molecule has 4 heteroatoms.